The summed E-state index contributed by atoms with van der Waals surface area (Å²) in [6, 6.07) is 5.38. The molecular formula is C17H16BrF3N2O4S2. The van der Waals surface area contributed by atoms with Crippen LogP contribution in [0.3, 0.4) is 0 Å². The average Bonchev–Trinajstić information content (AvgIpc) is 3.07. The molecule has 1 aliphatic rings. The molecule has 12 heteroatoms. The van der Waals surface area contributed by atoms with Gasteiger partial charge in [-0.3, -0.25) is 0 Å². The highest BCUT2D eigenvalue weighted by Gasteiger charge is 2.39. The molecule has 1 N–H and O–H groups in total. The van der Waals surface area contributed by atoms with E-state index in [-0.39, 0.29) is 29.5 Å². The van der Waals surface area contributed by atoms with E-state index >= 15 is 0 Å². The predicted octanol–water partition coefficient (Wildman–Crippen LogP) is 4.13. The molecule has 2 aromatic rings. The predicted molar refractivity (Wildman–Crippen MR) is 106 cm³/mol. The van der Waals surface area contributed by atoms with Crippen molar-refractivity contribution in [2.75, 3.05) is 24.5 Å². The molecule has 1 aromatic carbocycles. The Labute approximate surface area is 177 Å². The monoisotopic (exact) mass is 512 g/mol. The number of halogens is 4. The molecule has 1 saturated heterocycles. The maximum Gasteiger partial charge on any atom is 0.418 e. The first-order chi connectivity index (χ1) is 13.4. The number of aromatic carboxylic acids is 1. The van der Waals surface area contributed by atoms with Crippen molar-refractivity contribution in [3.05, 3.63) is 45.2 Å². The number of nitrogens with zero attached hydrogens (tertiary/aromatic N) is 2. The summed E-state index contributed by atoms with van der Waals surface area (Å²) in [5, 5.41) is 9.00. The number of carboxylic acid groups (broad SMARTS) is 1. The molecule has 1 unspecified atom stereocenters. The Kier molecular flexibility index (Phi) is 6.01. The molecule has 1 fully saturated rings. The highest BCUT2D eigenvalue weighted by atomic mass is 79.9. The molecule has 0 aliphatic carbocycles. The zero-order valence-electron chi connectivity index (χ0n) is 15.0. The molecule has 0 saturated carbocycles. The first-order valence-corrected chi connectivity index (χ1v) is 11.4. The van der Waals surface area contributed by atoms with Crippen molar-refractivity contribution < 1.29 is 31.5 Å². The molecule has 6 nitrogen and oxygen atoms in total. The van der Waals surface area contributed by atoms with Crippen molar-refractivity contribution in [2.45, 2.75) is 23.4 Å². The van der Waals surface area contributed by atoms with Gasteiger partial charge in [0.1, 0.15) is 4.21 Å². The SMILES string of the molecule is CC1CN(c2ccc(C(=O)O)cc2C(F)(F)F)CCN1S(=O)(=O)c1ccc(Br)s1. The number of hydrogen-bond donors (Lipinski definition) is 1. The fraction of sp³-hybridized carbons (Fsp3) is 0.353. The van der Waals surface area contributed by atoms with Gasteiger partial charge in [0, 0.05) is 31.4 Å². The third-order valence-corrected chi connectivity index (χ3v) is 8.67. The van der Waals surface area contributed by atoms with E-state index in [1.54, 1.807) is 13.0 Å². The Morgan fingerprint density at radius 1 is 1.24 bits per heavy atom. The van der Waals surface area contributed by atoms with Crippen LogP contribution in [-0.4, -0.2) is 49.5 Å². The van der Waals surface area contributed by atoms with Gasteiger partial charge in [0.05, 0.1) is 14.9 Å². The molecule has 0 radical (unpaired) electrons. The number of anilines is 1. The second kappa shape index (κ2) is 7.89. The number of carboxylic acids is 1. The number of alkyl halides is 3. The lowest BCUT2D eigenvalue weighted by atomic mass is 10.1. The smallest absolute Gasteiger partial charge is 0.418 e. The molecular weight excluding hydrogens is 497 g/mol. The maximum atomic E-state index is 13.5. The summed E-state index contributed by atoms with van der Waals surface area (Å²) in [4.78, 5) is 12.5. The minimum absolute atomic E-state index is 0.0109. The first kappa shape index (κ1) is 22.1. The van der Waals surface area contributed by atoms with E-state index < -0.39 is 39.3 Å². The van der Waals surface area contributed by atoms with Crippen molar-refractivity contribution in [1.29, 1.82) is 0 Å². The maximum absolute atomic E-state index is 13.5. The Hall–Kier alpha value is -1.63. The van der Waals surface area contributed by atoms with E-state index in [1.165, 1.54) is 15.3 Å². The van der Waals surface area contributed by atoms with Gasteiger partial charge in [-0.15, -0.1) is 11.3 Å². The molecule has 1 aliphatic heterocycles. The first-order valence-electron chi connectivity index (χ1n) is 8.38. The van der Waals surface area contributed by atoms with Crippen molar-refractivity contribution in [1.82, 2.24) is 4.31 Å². The van der Waals surface area contributed by atoms with Crippen LogP contribution in [-0.2, 0) is 16.2 Å². The van der Waals surface area contributed by atoms with Crippen LogP contribution in [0.5, 0.6) is 0 Å². The van der Waals surface area contributed by atoms with Crippen LogP contribution in [0, 0.1) is 0 Å². The van der Waals surface area contributed by atoms with Gasteiger partial charge in [-0.2, -0.15) is 17.5 Å². The van der Waals surface area contributed by atoms with Gasteiger partial charge in [-0.1, -0.05) is 0 Å². The lowest BCUT2D eigenvalue weighted by Crippen LogP contribution is -2.54. The Balaban J connectivity index is 1.89. The number of hydrogen-bond acceptors (Lipinski definition) is 5. The van der Waals surface area contributed by atoms with Gasteiger partial charge in [0.25, 0.3) is 10.0 Å². The third kappa shape index (κ3) is 4.44. The number of piperazine rings is 1. The molecule has 0 bridgehead atoms. The zero-order valence-corrected chi connectivity index (χ0v) is 18.2. The van der Waals surface area contributed by atoms with E-state index in [0.717, 1.165) is 23.5 Å². The van der Waals surface area contributed by atoms with Crippen LogP contribution in [0.25, 0.3) is 0 Å². The summed E-state index contributed by atoms with van der Waals surface area (Å²) in [5.74, 6) is -1.45. The van der Waals surface area contributed by atoms with Crippen LogP contribution < -0.4 is 4.90 Å². The van der Waals surface area contributed by atoms with E-state index in [0.29, 0.717) is 9.85 Å². The molecule has 29 heavy (non-hydrogen) atoms. The molecule has 3 rings (SSSR count). The Morgan fingerprint density at radius 3 is 2.45 bits per heavy atom. The number of sulfonamides is 1. The third-order valence-electron chi connectivity index (χ3n) is 4.57. The summed E-state index contributed by atoms with van der Waals surface area (Å²) in [5.41, 5.74) is -1.67. The van der Waals surface area contributed by atoms with Crippen LogP contribution in [0.1, 0.15) is 22.8 Å². The summed E-state index contributed by atoms with van der Waals surface area (Å²) < 4.78 is 68.3. The minimum atomic E-state index is -4.74. The lowest BCUT2D eigenvalue weighted by Gasteiger charge is -2.40. The van der Waals surface area contributed by atoms with Gasteiger partial charge >= 0.3 is 12.1 Å². The standard InChI is InChI=1S/C17H16BrF3N2O4S2/c1-10-9-22(6-7-23(10)29(26,27)15-5-4-14(18)28-15)13-3-2-11(16(24)25)8-12(13)17(19,20)21/h2-5,8,10H,6-7,9H2,1H3,(H,24,25). The number of benzene rings is 1. The van der Waals surface area contributed by atoms with E-state index in [1.807, 2.05) is 0 Å². The van der Waals surface area contributed by atoms with Crippen LogP contribution >= 0.6 is 27.3 Å². The number of thiophene rings is 1. The normalized spacial score (nSPS) is 18.8. The molecule has 1 aromatic heterocycles. The second-order valence-electron chi connectivity index (χ2n) is 6.50. The molecule has 0 amide bonds. The van der Waals surface area contributed by atoms with Crippen LogP contribution in [0.4, 0.5) is 18.9 Å². The Bertz CT molecular complexity index is 1040. The van der Waals surface area contributed by atoms with E-state index in [4.69, 9.17) is 5.11 Å². The Morgan fingerprint density at radius 2 is 1.93 bits per heavy atom. The largest absolute Gasteiger partial charge is 0.478 e. The van der Waals surface area contributed by atoms with Crippen molar-refractivity contribution >= 4 is 48.9 Å². The summed E-state index contributed by atoms with van der Waals surface area (Å²) >= 11 is 4.29. The second-order valence-corrected chi connectivity index (χ2v) is 11.1. The molecule has 2 heterocycles. The molecule has 1 atom stereocenters. The number of rotatable bonds is 4. The van der Waals surface area contributed by atoms with Crippen molar-refractivity contribution in [3.8, 4) is 0 Å². The van der Waals surface area contributed by atoms with E-state index in [9.17, 15) is 26.4 Å². The van der Waals surface area contributed by atoms with Crippen molar-refractivity contribution in [2.24, 2.45) is 0 Å². The van der Waals surface area contributed by atoms with Gasteiger partial charge in [-0.05, 0) is 53.2 Å². The highest BCUT2D eigenvalue weighted by molar-refractivity contribution is 9.11. The van der Waals surface area contributed by atoms with E-state index in [2.05, 4.69) is 15.9 Å². The fourth-order valence-electron chi connectivity index (χ4n) is 3.24. The van der Waals surface area contributed by atoms with Gasteiger partial charge in [0.15, 0.2) is 0 Å². The van der Waals surface area contributed by atoms with Crippen LogP contribution in [0.2, 0.25) is 0 Å². The summed E-state index contributed by atoms with van der Waals surface area (Å²) in [6.07, 6.45) is -4.74. The van der Waals surface area contributed by atoms with Crippen molar-refractivity contribution in [3.63, 3.8) is 0 Å². The summed E-state index contributed by atoms with van der Waals surface area (Å²) in [7, 11) is -3.76. The molecule has 158 valence electrons. The van der Waals surface area contributed by atoms with Crippen LogP contribution in [0.15, 0.2) is 38.3 Å². The molecule has 0 spiro atoms. The minimum Gasteiger partial charge on any atom is -0.478 e. The average molecular weight is 513 g/mol. The topological polar surface area (TPSA) is 77.9 Å². The highest BCUT2D eigenvalue weighted by Crippen LogP contribution is 2.38. The number of carbonyl (C=O) groups is 1. The van der Waals surface area contributed by atoms with Gasteiger partial charge < -0.3 is 10.0 Å². The lowest BCUT2D eigenvalue weighted by molar-refractivity contribution is -0.137. The fourth-order valence-corrected chi connectivity index (χ4v) is 6.99. The quantitative estimate of drug-likeness (QED) is 0.666. The summed E-state index contributed by atoms with van der Waals surface area (Å²) in [6.45, 7) is 1.73. The van der Waals surface area contributed by atoms with Gasteiger partial charge in [-0.25, -0.2) is 13.2 Å². The van der Waals surface area contributed by atoms with Gasteiger partial charge in [0.2, 0.25) is 0 Å². The zero-order chi connectivity index (χ0) is 21.6.